The summed E-state index contributed by atoms with van der Waals surface area (Å²) in [6.07, 6.45) is 0. The lowest BCUT2D eigenvalue weighted by atomic mass is 10.3. The predicted molar refractivity (Wildman–Crippen MR) is 96.1 cm³/mol. The van der Waals surface area contributed by atoms with Gasteiger partial charge in [-0.3, -0.25) is 9.80 Å². The first-order chi connectivity index (χ1) is 12.2. The van der Waals surface area contributed by atoms with Crippen molar-refractivity contribution >= 4 is 0 Å². The van der Waals surface area contributed by atoms with Crippen molar-refractivity contribution in [2.45, 2.75) is 20.4 Å². The van der Waals surface area contributed by atoms with Gasteiger partial charge in [0, 0.05) is 45.3 Å². The first-order valence-corrected chi connectivity index (χ1v) is 8.95. The molecule has 0 amide bonds. The fraction of sp³-hybridized carbons (Fsp3) is 0.526. The Labute approximate surface area is 149 Å². The topological polar surface area (TPSA) is 51.0 Å². The maximum Gasteiger partial charge on any atom is 0.133 e. The number of hydrogen-bond donors (Lipinski definition) is 0. The summed E-state index contributed by atoms with van der Waals surface area (Å²) in [4.78, 5) is 4.86. The van der Waals surface area contributed by atoms with Gasteiger partial charge >= 0.3 is 0 Å². The van der Waals surface area contributed by atoms with Crippen LogP contribution in [0.5, 0.6) is 11.5 Å². The Bertz CT molecular complexity index is 634. The van der Waals surface area contributed by atoms with Gasteiger partial charge in [-0.25, -0.2) is 0 Å². The molecule has 6 nitrogen and oxygen atoms in total. The average Bonchev–Trinajstić information content (AvgIpc) is 3.03. The molecule has 0 bridgehead atoms. The molecule has 0 N–H and O–H groups in total. The van der Waals surface area contributed by atoms with Crippen molar-refractivity contribution in [2.75, 3.05) is 45.9 Å². The van der Waals surface area contributed by atoms with Crippen LogP contribution in [0, 0.1) is 6.92 Å². The molecule has 1 saturated heterocycles. The van der Waals surface area contributed by atoms with Gasteiger partial charge in [0.25, 0.3) is 0 Å². The predicted octanol–water partition coefficient (Wildman–Crippen LogP) is 2.58. The fourth-order valence-corrected chi connectivity index (χ4v) is 2.98. The maximum atomic E-state index is 5.83. The van der Waals surface area contributed by atoms with Gasteiger partial charge in [-0.2, -0.15) is 0 Å². The van der Waals surface area contributed by atoms with Crippen LogP contribution in [0.1, 0.15) is 18.4 Å². The van der Waals surface area contributed by atoms with Crippen molar-refractivity contribution in [3.05, 3.63) is 41.8 Å². The Hall–Kier alpha value is -2.05. The molecule has 6 heteroatoms. The zero-order valence-electron chi connectivity index (χ0n) is 15.1. The molecular weight excluding hydrogens is 318 g/mol. The summed E-state index contributed by atoms with van der Waals surface area (Å²) in [5, 5.41) is 4.07. The van der Waals surface area contributed by atoms with Crippen LogP contribution in [0.2, 0.25) is 0 Å². The normalized spacial score (nSPS) is 16.1. The van der Waals surface area contributed by atoms with Crippen molar-refractivity contribution in [3.63, 3.8) is 0 Å². The Morgan fingerprint density at radius 1 is 1.00 bits per heavy atom. The average molecular weight is 345 g/mol. The molecular formula is C19H27N3O3. The zero-order valence-corrected chi connectivity index (χ0v) is 15.1. The van der Waals surface area contributed by atoms with E-state index >= 15 is 0 Å². The molecule has 1 aromatic heterocycles. The van der Waals surface area contributed by atoms with Crippen molar-refractivity contribution in [3.8, 4) is 11.5 Å². The first-order valence-electron chi connectivity index (χ1n) is 8.95. The Kier molecular flexibility index (Phi) is 6.30. The Morgan fingerprint density at radius 3 is 2.24 bits per heavy atom. The van der Waals surface area contributed by atoms with E-state index in [9.17, 15) is 0 Å². The second-order valence-corrected chi connectivity index (χ2v) is 6.30. The smallest absolute Gasteiger partial charge is 0.133 e. The molecule has 0 spiro atoms. The minimum atomic E-state index is 0.683. The molecule has 0 saturated carbocycles. The van der Waals surface area contributed by atoms with E-state index in [-0.39, 0.29) is 0 Å². The molecule has 25 heavy (non-hydrogen) atoms. The number of ether oxygens (including phenoxy) is 2. The molecule has 1 aromatic carbocycles. The van der Waals surface area contributed by atoms with E-state index in [1.165, 1.54) is 0 Å². The Morgan fingerprint density at radius 2 is 1.64 bits per heavy atom. The second-order valence-electron chi connectivity index (χ2n) is 6.30. The summed E-state index contributed by atoms with van der Waals surface area (Å²) in [7, 11) is 0. The van der Waals surface area contributed by atoms with Gasteiger partial charge in [-0.15, -0.1) is 0 Å². The highest BCUT2D eigenvalue weighted by Crippen LogP contribution is 2.17. The maximum absolute atomic E-state index is 5.83. The summed E-state index contributed by atoms with van der Waals surface area (Å²) in [6.45, 7) is 11.3. The van der Waals surface area contributed by atoms with E-state index in [0.29, 0.717) is 13.2 Å². The third kappa shape index (κ3) is 5.47. The van der Waals surface area contributed by atoms with Gasteiger partial charge in [0.15, 0.2) is 0 Å². The number of aryl methyl sites for hydroxylation is 1. The van der Waals surface area contributed by atoms with Crippen LogP contribution in [-0.4, -0.2) is 60.9 Å². The van der Waals surface area contributed by atoms with Crippen molar-refractivity contribution in [2.24, 2.45) is 0 Å². The minimum Gasteiger partial charge on any atom is -0.494 e. The molecule has 0 atom stereocenters. The first kappa shape index (κ1) is 17.8. The lowest BCUT2D eigenvalue weighted by Gasteiger charge is -2.34. The largest absolute Gasteiger partial charge is 0.494 e. The second kappa shape index (κ2) is 8.87. The highest BCUT2D eigenvalue weighted by molar-refractivity contribution is 5.31. The quantitative estimate of drug-likeness (QED) is 0.733. The number of rotatable bonds is 8. The van der Waals surface area contributed by atoms with E-state index < -0.39 is 0 Å². The number of benzene rings is 1. The van der Waals surface area contributed by atoms with Crippen LogP contribution in [-0.2, 0) is 6.54 Å². The van der Waals surface area contributed by atoms with Crippen molar-refractivity contribution in [1.82, 2.24) is 15.0 Å². The molecule has 2 aromatic rings. The number of piperazine rings is 1. The van der Waals surface area contributed by atoms with Crippen LogP contribution in [0.3, 0.4) is 0 Å². The molecule has 0 aliphatic carbocycles. The highest BCUT2D eigenvalue weighted by atomic mass is 16.5. The number of aromatic nitrogens is 1. The summed E-state index contributed by atoms with van der Waals surface area (Å²) >= 11 is 0. The van der Waals surface area contributed by atoms with Gasteiger partial charge in [-0.05, 0) is 38.1 Å². The summed E-state index contributed by atoms with van der Waals surface area (Å²) in [5.74, 6) is 2.65. The van der Waals surface area contributed by atoms with Crippen molar-refractivity contribution < 1.29 is 14.0 Å². The lowest BCUT2D eigenvalue weighted by Crippen LogP contribution is -2.47. The molecule has 3 rings (SSSR count). The standard InChI is InChI=1S/C19H27N3O3/c1-3-23-18-4-6-19(7-5-18)24-13-12-21-8-10-22(11-9-21)15-17-14-16(2)25-20-17/h4-7,14H,3,8-13,15H2,1-2H3. The van der Waals surface area contributed by atoms with Gasteiger partial charge < -0.3 is 14.0 Å². The summed E-state index contributed by atoms with van der Waals surface area (Å²) in [6, 6.07) is 9.83. The number of nitrogens with zero attached hydrogens (tertiary/aromatic N) is 3. The van der Waals surface area contributed by atoms with Crippen LogP contribution in [0.4, 0.5) is 0 Å². The van der Waals surface area contributed by atoms with Gasteiger partial charge in [0.1, 0.15) is 23.9 Å². The lowest BCUT2D eigenvalue weighted by molar-refractivity contribution is 0.111. The highest BCUT2D eigenvalue weighted by Gasteiger charge is 2.17. The van der Waals surface area contributed by atoms with E-state index in [4.69, 9.17) is 14.0 Å². The summed E-state index contributed by atoms with van der Waals surface area (Å²) in [5.41, 5.74) is 1.02. The van der Waals surface area contributed by atoms with Crippen LogP contribution in [0.25, 0.3) is 0 Å². The molecule has 1 fully saturated rings. The summed E-state index contributed by atoms with van der Waals surface area (Å²) < 4.78 is 16.4. The van der Waals surface area contributed by atoms with E-state index in [1.807, 2.05) is 44.2 Å². The van der Waals surface area contributed by atoms with E-state index in [0.717, 1.165) is 62.2 Å². The SMILES string of the molecule is CCOc1ccc(OCCN2CCN(Cc3cc(C)on3)CC2)cc1. The van der Waals surface area contributed by atoms with Crippen LogP contribution in [0.15, 0.2) is 34.9 Å². The van der Waals surface area contributed by atoms with Crippen molar-refractivity contribution in [1.29, 1.82) is 0 Å². The molecule has 136 valence electrons. The monoisotopic (exact) mass is 345 g/mol. The zero-order chi connectivity index (χ0) is 17.5. The fourth-order valence-electron chi connectivity index (χ4n) is 2.98. The van der Waals surface area contributed by atoms with Gasteiger partial charge in [0.2, 0.25) is 0 Å². The van der Waals surface area contributed by atoms with Gasteiger partial charge in [0.05, 0.1) is 12.3 Å². The van der Waals surface area contributed by atoms with Crippen LogP contribution >= 0.6 is 0 Å². The molecule has 2 heterocycles. The Balaban J connectivity index is 1.33. The van der Waals surface area contributed by atoms with E-state index in [2.05, 4.69) is 15.0 Å². The molecule has 1 aliphatic rings. The molecule has 0 unspecified atom stereocenters. The number of hydrogen-bond acceptors (Lipinski definition) is 6. The third-order valence-corrected chi connectivity index (χ3v) is 4.34. The molecule has 0 radical (unpaired) electrons. The van der Waals surface area contributed by atoms with E-state index in [1.54, 1.807) is 0 Å². The molecule has 1 aliphatic heterocycles. The minimum absolute atomic E-state index is 0.683. The third-order valence-electron chi connectivity index (χ3n) is 4.34. The van der Waals surface area contributed by atoms with Crippen LogP contribution < -0.4 is 9.47 Å². The van der Waals surface area contributed by atoms with Gasteiger partial charge in [-0.1, -0.05) is 5.16 Å².